The maximum absolute atomic E-state index is 12.5. The third-order valence-corrected chi connectivity index (χ3v) is 4.44. The molecule has 0 aliphatic carbocycles. The SMILES string of the molecule is CC[C@H](C)[C@H](NC(=O)c1ccccc1)C(=O)NNC(=O)c1cccc(Cl)c1. The topological polar surface area (TPSA) is 87.3 Å². The smallest absolute Gasteiger partial charge is 0.269 e. The van der Waals surface area contributed by atoms with Gasteiger partial charge in [0.25, 0.3) is 17.7 Å². The first-order valence-electron chi connectivity index (χ1n) is 8.64. The summed E-state index contributed by atoms with van der Waals surface area (Å²) in [6.07, 6.45) is 0.676. The molecule has 0 aliphatic heterocycles. The van der Waals surface area contributed by atoms with E-state index in [1.54, 1.807) is 48.5 Å². The molecular formula is C20H22ClN3O3. The molecule has 0 heterocycles. The van der Waals surface area contributed by atoms with Crippen molar-refractivity contribution in [2.75, 3.05) is 0 Å². The standard InChI is InChI=1S/C20H22ClN3O3/c1-3-13(2)17(22-18(25)14-8-5-4-6-9-14)20(27)24-23-19(26)15-10-7-11-16(21)12-15/h4-13,17H,3H2,1-2H3,(H,22,25)(H,23,26)(H,24,27)/t13-,17-/m0/s1. The highest BCUT2D eigenvalue weighted by atomic mass is 35.5. The summed E-state index contributed by atoms with van der Waals surface area (Å²) in [5.41, 5.74) is 5.50. The van der Waals surface area contributed by atoms with E-state index in [2.05, 4.69) is 16.2 Å². The Balaban J connectivity index is 2.02. The fourth-order valence-electron chi connectivity index (χ4n) is 2.41. The molecule has 2 atom stereocenters. The Bertz CT molecular complexity index is 811. The van der Waals surface area contributed by atoms with Crippen molar-refractivity contribution in [3.8, 4) is 0 Å². The van der Waals surface area contributed by atoms with Crippen LogP contribution in [0.15, 0.2) is 54.6 Å². The van der Waals surface area contributed by atoms with Crippen molar-refractivity contribution in [1.82, 2.24) is 16.2 Å². The summed E-state index contributed by atoms with van der Waals surface area (Å²) in [5, 5.41) is 3.15. The number of halogens is 1. The Morgan fingerprint density at radius 1 is 0.926 bits per heavy atom. The predicted molar refractivity (Wildman–Crippen MR) is 104 cm³/mol. The van der Waals surface area contributed by atoms with Crippen molar-refractivity contribution in [3.05, 3.63) is 70.7 Å². The molecule has 0 radical (unpaired) electrons. The average Bonchev–Trinajstić information content (AvgIpc) is 2.69. The Kier molecular flexibility index (Phi) is 7.37. The maximum atomic E-state index is 12.5. The van der Waals surface area contributed by atoms with Crippen LogP contribution >= 0.6 is 11.6 Å². The molecule has 142 valence electrons. The second-order valence-electron chi connectivity index (χ2n) is 6.16. The Labute approximate surface area is 163 Å². The zero-order chi connectivity index (χ0) is 19.8. The molecular weight excluding hydrogens is 366 g/mol. The minimum Gasteiger partial charge on any atom is -0.340 e. The van der Waals surface area contributed by atoms with Crippen LogP contribution in [-0.4, -0.2) is 23.8 Å². The summed E-state index contributed by atoms with van der Waals surface area (Å²) in [6, 6.07) is 14.2. The lowest BCUT2D eigenvalue weighted by Crippen LogP contribution is -2.54. The van der Waals surface area contributed by atoms with E-state index in [-0.39, 0.29) is 11.8 Å². The average molecular weight is 388 g/mol. The summed E-state index contributed by atoms with van der Waals surface area (Å²) in [5.74, 6) is -1.47. The minimum absolute atomic E-state index is 0.124. The fraction of sp³-hybridized carbons (Fsp3) is 0.250. The first kappa shape index (κ1) is 20.5. The summed E-state index contributed by atoms with van der Waals surface area (Å²) in [7, 11) is 0. The van der Waals surface area contributed by atoms with Crippen molar-refractivity contribution < 1.29 is 14.4 Å². The van der Waals surface area contributed by atoms with Gasteiger partial charge >= 0.3 is 0 Å². The molecule has 0 unspecified atom stereocenters. The van der Waals surface area contributed by atoms with Crippen molar-refractivity contribution in [2.24, 2.45) is 5.92 Å². The first-order valence-corrected chi connectivity index (χ1v) is 9.01. The largest absolute Gasteiger partial charge is 0.340 e. The third-order valence-electron chi connectivity index (χ3n) is 4.20. The van der Waals surface area contributed by atoms with Gasteiger partial charge in [-0.3, -0.25) is 25.2 Å². The molecule has 0 aromatic heterocycles. The predicted octanol–water partition coefficient (Wildman–Crippen LogP) is 2.95. The number of benzene rings is 2. The van der Waals surface area contributed by atoms with Gasteiger partial charge in [-0.1, -0.05) is 56.1 Å². The van der Waals surface area contributed by atoms with E-state index in [0.717, 1.165) is 0 Å². The lowest BCUT2D eigenvalue weighted by molar-refractivity contribution is -0.124. The first-order chi connectivity index (χ1) is 12.9. The van der Waals surface area contributed by atoms with E-state index in [9.17, 15) is 14.4 Å². The van der Waals surface area contributed by atoms with Gasteiger partial charge in [0.15, 0.2) is 0 Å². The van der Waals surface area contributed by atoms with Gasteiger partial charge in [-0.2, -0.15) is 0 Å². The van der Waals surface area contributed by atoms with Crippen molar-refractivity contribution in [2.45, 2.75) is 26.3 Å². The van der Waals surface area contributed by atoms with Crippen LogP contribution in [0.4, 0.5) is 0 Å². The molecule has 7 heteroatoms. The normalized spacial score (nSPS) is 12.6. The number of carbonyl (C=O) groups excluding carboxylic acids is 3. The highest BCUT2D eigenvalue weighted by molar-refractivity contribution is 6.30. The molecule has 0 fully saturated rings. The van der Waals surface area contributed by atoms with Crippen molar-refractivity contribution in [3.63, 3.8) is 0 Å². The van der Waals surface area contributed by atoms with E-state index >= 15 is 0 Å². The van der Waals surface area contributed by atoms with Gasteiger partial charge < -0.3 is 5.32 Å². The molecule has 27 heavy (non-hydrogen) atoms. The molecule has 6 nitrogen and oxygen atoms in total. The highest BCUT2D eigenvalue weighted by Gasteiger charge is 2.26. The van der Waals surface area contributed by atoms with E-state index in [1.807, 2.05) is 13.8 Å². The van der Waals surface area contributed by atoms with Crippen LogP contribution < -0.4 is 16.2 Å². The van der Waals surface area contributed by atoms with E-state index < -0.39 is 17.9 Å². The summed E-state index contributed by atoms with van der Waals surface area (Å²) < 4.78 is 0. The Morgan fingerprint density at radius 2 is 1.59 bits per heavy atom. The molecule has 2 aromatic carbocycles. The molecule has 2 rings (SSSR count). The van der Waals surface area contributed by atoms with Gasteiger partial charge in [0, 0.05) is 16.1 Å². The lowest BCUT2D eigenvalue weighted by Gasteiger charge is -2.23. The van der Waals surface area contributed by atoms with Crippen molar-refractivity contribution in [1.29, 1.82) is 0 Å². The van der Waals surface area contributed by atoms with Gasteiger partial charge in [-0.15, -0.1) is 0 Å². The van der Waals surface area contributed by atoms with Gasteiger partial charge in [0.05, 0.1) is 0 Å². The summed E-state index contributed by atoms with van der Waals surface area (Å²) in [6.45, 7) is 3.78. The van der Waals surface area contributed by atoms with Crippen LogP contribution in [0.2, 0.25) is 5.02 Å². The quantitative estimate of drug-likeness (QED) is 0.666. The van der Waals surface area contributed by atoms with Crippen LogP contribution in [0, 0.1) is 5.92 Å². The maximum Gasteiger partial charge on any atom is 0.269 e. The van der Waals surface area contributed by atoms with E-state index in [4.69, 9.17) is 11.6 Å². The van der Waals surface area contributed by atoms with Gasteiger partial charge in [0.1, 0.15) is 6.04 Å². The molecule has 3 N–H and O–H groups in total. The number of hydrazine groups is 1. The van der Waals surface area contributed by atoms with Gasteiger partial charge in [-0.25, -0.2) is 0 Å². The summed E-state index contributed by atoms with van der Waals surface area (Å²) >= 11 is 5.86. The van der Waals surface area contributed by atoms with Gasteiger partial charge in [-0.05, 0) is 36.2 Å². The van der Waals surface area contributed by atoms with Crippen molar-refractivity contribution >= 4 is 29.3 Å². The Morgan fingerprint density at radius 3 is 2.22 bits per heavy atom. The van der Waals surface area contributed by atoms with Crippen LogP contribution in [-0.2, 0) is 4.79 Å². The van der Waals surface area contributed by atoms with E-state index in [1.165, 1.54) is 6.07 Å². The zero-order valence-electron chi connectivity index (χ0n) is 15.2. The number of carbonyl (C=O) groups is 3. The number of rotatable bonds is 6. The summed E-state index contributed by atoms with van der Waals surface area (Å²) in [4.78, 5) is 37.1. The minimum atomic E-state index is -0.789. The molecule has 0 aliphatic rings. The molecule has 2 aromatic rings. The second-order valence-corrected chi connectivity index (χ2v) is 6.59. The monoisotopic (exact) mass is 387 g/mol. The molecule has 3 amide bonds. The lowest BCUT2D eigenvalue weighted by atomic mass is 9.98. The van der Waals surface area contributed by atoms with E-state index in [0.29, 0.717) is 22.6 Å². The molecule has 0 spiro atoms. The number of amides is 3. The Hall–Kier alpha value is -2.86. The van der Waals surface area contributed by atoms with Crippen LogP contribution in [0.5, 0.6) is 0 Å². The third kappa shape index (κ3) is 5.82. The van der Waals surface area contributed by atoms with Crippen LogP contribution in [0.1, 0.15) is 41.0 Å². The zero-order valence-corrected chi connectivity index (χ0v) is 15.9. The molecule has 0 bridgehead atoms. The fourth-order valence-corrected chi connectivity index (χ4v) is 2.60. The molecule has 0 saturated carbocycles. The number of hydrogen-bond acceptors (Lipinski definition) is 3. The number of hydrogen-bond donors (Lipinski definition) is 3. The van der Waals surface area contributed by atoms with Crippen LogP contribution in [0.25, 0.3) is 0 Å². The van der Waals surface area contributed by atoms with Crippen LogP contribution in [0.3, 0.4) is 0 Å². The number of nitrogens with one attached hydrogen (secondary N) is 3. The highest BCUT2D eigenvalue weighted by Crippen LogP contribution is 2.11. The second kappa shape index (κ2) is 9.73. The van der Waals surface area contributed by atoms with Gasteiger partial charge in [0.2, 0.25) is 0 Å². The molecule has 0 saturated heterocycles.